The number of amides is 2. The van der Waals surface area contributed by atoms with Gasteiger partial charge in [0.2, 0.25) is 12.8 Å². The summed E-state index contributed by atoms with van der Waals surface area (Å²) in [5.74, 6) is 0. The summed E-state index contributed by atoms with van der Waals surface area (Å²) in [5, 5.41) is 5.57. The van der Waals surface area contributed by atoms with Crippen LogP contribution in [-0.2, 0) is 16.0 Å². The number of carbonyl (C=O) groups excluding carboxylic acids is 2. The fourth-order valence-electron chi connectivity index (χ4n) is 2.28. The lowest BCUT2D eigenvalue weighted by Crippen LogP contribution is -2.39. The fourth-order valence-corrected chi connectivity index (χ4v) is 2.28. The van der Waals surface area contributed by atoms with E-state index < -0.39 is 0 Å². The molecule has 2 N–H and O–H groups in total. The van der Waals surface area contributed by atoms with Gasteiger partial charge in [0.05, 0.1) is 6.04 Å². The summed E-state index contributed by atoms with van der Waals surface area (Å²) < 4.78 is 0. The first-order valence-corrected chi connectivity index (χ1v) is 5.32. The van der Waals surface area contributed by atoms with E-state index in [1.807, 2.05) is 24.3 Å². The number of hydrogen-bond acceptors (Lipinski definition) is 2. The molecule has 1 aliphatic rings. The second-order valence-electron chi connectivity index (χ2n) is 3.96. The molecule has 4 heteroatoms. The molecule has 1 aromatic carbocycles. The summed E-state index contributed by atoms with van der Waals surface area (Å²) in [6, 6.07) is 8.09. The van der Waals surface area contributed by atoms with Gasteiger partial charge in [-0.3, -0.25) is 9.59 Å². The highest BCUT2D eigenvalue weighted by molar-refractivity contribution is 5.50. The number of carbonyl (C=O) groups is 2. The molecule has 84 valence electrons. The topological polar surface area (TPSA) is 58.2 Å². The van der Waals surface area contributed by atoms with E-state index in [0.717, 1.165) is 24.8 Å². The van der Waals surface area contributed by atoms with Gasteiger partial charge in [0.1, 0.15) is 0 Å². The predicted molar refractivity (Wildman–Crippen MR) is 59.7 cm³/mol. The quantitative estimate of drug-likeness (QED) is 0.724. The van der Waals surface area contributed by atoms with Crippen molar-refractivity contribution in [3.05, 3.63) is 35.4 Å². The molecule has 0 heterocycles. The molecule has 2 atom stereocenters. The highest BCUT2D eigenvalue weighted by atomic mass is 16.1. The van der Waals surface area contributed by atoms with Crippen LogP contribution < -0.4 is 10.6 Å². The first kappa shape index (κ1) is 10.7. The average molecular weight is 218 g/mol. The standard InChI is InChI=1S/C12H14N2O2/c15-7-13-10-5-9-3-1-2-4-11(9)12(6-10)14-8-16/h1-4,7-8,10,12H,5-6H2,(H,13,15)(H,14,16). The van der Waals surface area contributed by atoms with E-state index in [0.29, 0.717) is 6.41 Å². The second kappa shape index (κ2) is 4.79. The Kier molecular flexibility index (Phi) is 3.19. The van der Waals surface area contributed by atoms with E-state index in [4.69, 9.17) is 0 Å². The molecule has 0 bridgehead atoms. The molecule has 2 amide bonds. The molecule has 2 rings (SSSR count). The van der Waals surface area contributed by atoms with Crippen LogP contribution in [0.25, 0.3) is 0 Å². The largest absolute Gasteiger partial charge is 0.356 e. The zero-order chi connectivity index (χ0) is 11.4. The first-order valence-electron chi connectivity index (χ1n) is 5.32. The van der Waals surface area contributed by atoms with Gasteiger partial charge in [-0.2, -0.15) is 0 Å². The van der Waals surface area contributed by atoms with Crippen molar-refractivity contribution in [1.29, 1.82) is 0 Å². The van der Waals surface area contributed by atoms with Gasteiger partial charge in [-0.25, -0.2) is 0 Å². The van der Waals surface area contributed by atoms with Crippen LogP contribution in [-0.4, -0.2) is 18.9 Å². The molecule has 0 spiro atoms. The normalized spacial score (nSPS) is 23.0. The van der Waals surface area contributed by atoms with Crippen molar-refractivity contribution in [2.45, 2.75) is 24.9 Å². The van der Waals surface area contributed by atoms with Gasteiger partial charge in [-0.05, 0) is 24.0 Å². The lowest BCUT2D eigenvalue weighted by Gasteiger charge is -2.30. The van der Waals surface area contributed by atoms with Gasteiger partial charge in [0.15, 0.2) is 0 Å². The SMILES string of the molecule is O=CNC1Cc2ccccc2C(NC=O)C1. The number of nitrogens with one attached hydrogen (secondary N) is 2. The van der Waals surface area contributed by atoms with E-state index in [9.17, 15) is 9.59 Å². The number of hydrogen-bond donors (Lipinski definition) is 2. The van der Waals surface area contributed by atoms with Crippen LogP contribution in [0.5, 0.6) is 0 Å². The van der Waals surface area contributed by atoms with Crippen molar-refractivity contribution < 1.29 is 9.59 Å². The molecule has 0 aromatic heterocycles. The second-order valence-corrected chi connectivity index (χ2v) is 3.96. The maximum absolute atomic E-state index is 10.5. The van der Waals surface area contributed by atoms with Crippen LogP contribution in [0, 0.1) is 0 Å². The van der Waals surface area contributed by atoms with E-state index >= 15 is 0 Å². The maximum atomic E-state index is 10.5. The highest BCUT2D eigenvalue weighted by Gasteiger charge is 2.25. The van der Waals surface area contributed by atoms with Crippen molar-refractivity contribution in [2.75, 3.05) is 0 Å². The number of rotatable bonds is 4. The maximum Gasteiger partial charge on any atom is 0.207 e. The summed E-state index contributed by atoms with van der Waals surface area (Å²) in [6.45, 7) is 0. The molecule has 1 aliphatic carbocycles. The van der Waals surface area contributed by atoms with Crippen LogP contribution in [0.2, 0.25) is 0 Å². The molecule has 0 aliphatic heterocycles. The third-order valence-corrected chi connectivity index (χ3v) is 2.99. The van der Waals surface area contributed by atoms with Crippen LogP contribution >= 0.6 is 0 Å². The lowest BCUT2D eigenvalue weighted by atomic mass is 9.85. The van der Waals surface area contributed by atoms with E-state index in [1.54, 1.807) is 0 Å². The summed E-state index contributed by atoms with van der Waals surface area (Å²) >= 11 is 0. The van der Waals surface area contributed by atoms with Crippen molar-refractivity contribution >= 4 is 12.8 Å². The van der Waals surface area contributed by atoms with Crippen molar-refractivity contribution in [3.8, 4) is 0 Å². The van der Waals surface area contributed by atoms with Gasteiger partial charge in [-0.1, -0.05) is 24.3 Å². The molecule has 4 nitrogen and oxygen atoms in total. The van der Waals surface area contributed by atoms with E-state index in [1.165, 1.54) is 5.56 Å². The zero-order valence-electron chi connectivity index (χ0n) is 8.85. The van der Waals surface area contributed by atoms with Gasteiger partial charge in [-0.15, -0.1) is 0 Å². The third kappa shape index (κ3) is 2.05. The molecule has 0 saturated carbocycles. The minimum Gasteiger partial charge on any atom is -0.356 e. The minimum absolute atomic E-state index is 0.0000926. The van der Waals surface area contributed by atoms with Crippen LogP contribution in [0.3, 0.4) is 0 Å². The van der Waals surface area contributed by atoms with Gasteiger partial charge in [0, 0.05) is 6.04 Å². The monoisotopic (exact) mass is 218 g/mol. The number of benzene rings is 1. The summed E-state index contributed by atoms with van der Waals surface area (Å²) in [7, 11) is 0. The molecular weight excluding hydrogens is 204 g/mol. The predicted octanol–water partition coefficient (Wildman–Crippen LogP) is 0.534. The van der Waals surface area contributed by atoms with Crippen molar-refractivity contribution in [1.82, 2.24) is 10.6 Å². The number of fused-ring (bicyclic) bond motifs is 1. The van der Waals surface area contributed by atoms with Crippen LogP contribution in [0.15, 0.2) is 24.3 Å². The summed E-state index contributed by atoms with van der Waals surface area (Å²) in [4.78, 5) is 21.0. The Hall–Kier alpha value is -1.84. The smallest absolute Gasteiger partial charge is 0.207 e. The van der Waals surface area contributed by atoms with Gasteiger partial charge >= 0.3 is 0 Å². The Labute approximate surface area is 94.0 Å². The highest BCUT2D eigenvalue weighted by Crippen LogP contribution is 2.29. The molecule has 1 aromatic rings. The Morgan fingerprint density at radius 3 is 2.62 bits per heavy atom. The molecule has 0 saturated heterocycles. The Bertz CT molecular complexity index is 392. The van der Waals surface area contributed by atoms with Crippen molar-refractivity contribution in [3.63, 3.8) is 0 Å². The Balaban J connectivity index is 2.25. The summed E-state index contributed by atoms with van der Waals surface area (Å²) in [6.07, 6.45) is 3.00. The van der Waals surface area contributed by atoms with Gasteiger partial charge < -0.3 is 10.6 Å². The minimum atomic E-state index is -0.0000926. The fraction of sp³-hybridized carbons (Fsp3) is 0.333. The Morgan fingerprint density at radius 2 is 1.88 bits per heavy atom. The first-order chi connectivity index (χ1) is 7.85. The summed E-state index contributed by atoms with van der Waals surface area (Å²) in [5.41, 5.74) is 2.34. The van der Waals surface area contributed by atoms with Gasteiger partial charge in [0.25, 0.3) is 0 Å². The molecule has 16 heavy (non-hydrogen) atoms. The van der Waals surface area contributed by atoms with E-state index in [-0.39, 0.29) is 12.1 Å². The average Bonchev–Trinajstić information content (AvgIpc) is 2.30. The Morgan fingerprint density at radius 1 is 1.12 bits per heavy atom. The lowest BCUT2D eigenvalue weighted by molar-refractivity contribution is -0.110. The molecule has 0 radical (unpaired) electrons. The van der Waals surface area contributed by atoms with Crippen molar-refractivity contribution in [2.24, 2.45) is 0 Å². The molecule has 0 fully saturated rings. The van der Waals surface area contributed by atoms with E-state index in [2.05, 4.69) is 10.6 Å². The van der Waals surface area contributed by atoms with Crippen LogP contribution in [0.4, 0.5) is 0 Å². The zero-order valence-corrected chi connectivity index (χ0v) is 8.85. The third-order valence-electron chi connectivity index (χ3n) is 2.99. The van der Waals surface area contributed by atoms with Crippen LogP contribution in [0.1, 0.15) is 23.6 Å². The molecule has 2 unspecified atom stereocenters. The molecular formula is C12H14N2O2.